The molecule has 0 unspecified atom stereocenters. The molecule has 4 aromatic rings. The van der Waals surface area contributed by atoms with Gasteiger partial charge in [0.25, 0.3) is 5.91 Å². The summed E-state index contributed by atoms with van der Waals surface area (Å²) < 4.78 is 28.9. The Morgan fingerprint density at radius 3 is 2.24 bits per heavy atom. The second-order valence-electron chi connectivity index (χ2n) is 9.80. The maximum Gasteiger partial charge on any atom is 0.273 e. The van der Waals surface area contributed by atoms with Gasteiger partial charge in [-0.05, 0) is 41.9 Å². The number of nitrogens with zero attached hydrogens (tertiary/aromatic N) is 5. The molecule has 0 atom stereocenters. The first-order chi connectivity index (χ1) is 18.3. The van der Waals surface area contributed by atoms with E-state index in [1.807, 2.05) is 43.4 Å². The number of nitrogens with two attached hydrogens (primary N) is 1. The maximum atomic E-state index is 13.7. The van der Waals surface area contributed by atoms with Gasteiger partial charge in [-0.1, -0.05) is 48.5 Å². The van der Waals surface area contributed by atoms with E-state index in [4.69, 9.17) is 5.73 Å². The molecule has 0 radical (unpaired) electrons. The Balaban J connectivity index is 1.41. The molecule has 6 rings (SSSR count). The third kappa shape index (κ3) is 4.30. The lowest BCUT2D eigenvalue weighted by atomic mass is 10.0. The van der Waals surface area contributed by atoms with Gasteiger partial charge < -0.3 is 15.5 Å². The zero-order valence-corrected chi connectivity index (χ0v) is 21.9. The standard InChI is InChI=1S/C28H28N6O3S/c1-32-12-14-34(15-13-32)38(36,37)25-9-5-4-8-22(25)19-10-11-24-23(16-19)26(31-28(29)30-24)27(35)33-17-20-6-2-3-7-21(20)18-33/h2-11,16H,12-15,17-18H2,1H3,(H2,29,30,31). The number of hydrogen-bond acceptors (Lipinski definition) is 7. The minimum Gasteiger partial charge on any atom is -0.368 e. The van der Waals surface area contributed by atoms with Crippen LogP contribution in [0.4, 0.5) is 5.95 Å². The fraction of sp³-hybridized carbons (Fsp3) is 0.250. The number of aromatic nitrogens is 2. The van der Waals surface area contributed by atoms with Crippen molar-refractivity contribution in [1.82, 2.24) is 24.1 Å². The molecule has 2 N–H and O–H groups in total. The molecule has 1 fully saturated rings. The minimum absolute atomic E-state index is 0.0170. The number of benzene rings is 3. The summed E-state index contributed by atoms with van der Waals surface area (Å²) in [5, 5.41) is 0.532. The van der Waals surface area contributed by atoms with E-state index < -0.39 is 10.0 Å². The highest BCUT2D eigenvalue weighted by atomic mass is 32.2. The number of hydrogen-bond donors (Lipinski definition) is 1. The summed E-state index contributed by atoms with van der Waals surface area (Å²) in [6.45, 7) is 3.23. The van der Waals surface area contributed by atoms with E-state index in [2.05, 4.69) is 14.9 Å². The van der Waals surface area contributed by atoms with Gasteiger partial charge in [0.1, 0.15) is 5.69 Å². The predicted molar refractivity (Wildman–Crippen MR) is 146 cm³/mol. The number of carbonyl (C=O) groups is 1. The summed E-state index contributed by atoms with van der Waals surface area (Å²) >= 11 is 0. The number of sulfonamides is 1. The first kappa shape index (κ1) is 24.5. The average Bonchev–Trinajstić information content (AvgIpc) is 3.37. The van der Waals surface area contributed by atoms with Gasteiger partial charge in [-0.15, -0.1) is 0 Å². The Bertz CT molecular complexity index is 1640. The largest absolute Gasteiger partial charge is 0.368 e. The number of piperazine rings is 1. The maximum absolute atomic E-state index is 13.7. The highest BCUT2D eigenvalue weighted by molar-refractivity contribution is 7.89. The van der Waals surface area contributed by atoms with E-state index in [-0.39, 0.29) is 22.4 Å². The zero-order chi connectivity index (χ0) is 26.4. The Kier molecular flexibility index (Phi) is 6.10. The van der Waals surface area contributed by atoms with Crippen molar-refractivity contribution in [1.29, 1.82) is 0 Å². The number of likely N-dealkylation sites (N-methyl/N-ethyl adjacent to an activating group) is 1. The number of fused-ring (bicyclic) bond motifs is 2. The van der Waals surface area contributed by atoms with Crippen LogP contribution in [-0.2, 0) is 23.1 Å². The Hall–Kier alpha value is -3.86. The predicted octanol–water partition coefficient (Wildman–Crippen LogP) is 2.97. The van der Waals surface area contributed by atoms with Crippen LogP contribution in [0.25, 0.3) is 22.0 Å². The Labute approximate surface area is 221 Å². The van der Waals surface area contributed by atoms with Crippen LogP contribution in [0.3, 0.4) is 0 Å². The Morgan fingerprint density at radius 1 is 0.868 bits per heavy atom. The van der Waals surface area contributed by atoms with Crippen LogP contribution in [0.2, 0.25) is 0 Å². The van der Waals surface area contributed by atoms with Gasteiger partial charge in [0.05, 0.1) is 10.4 Å². The molecule has 0 spiro atoms. The summed E-state index contributed by atoms with van der Waals surface area (Å²) in [4.78, 5) is 26.4. The molecule has 2 aliphatic rings. The highest BCUT2D eigenvalue weighted by Crippen LogP contribution is 2.33. The van der Waals surface area contributed by atoms with Crippen molar-refractivity contribution in [3.05, 3.63) is 83.6 Å². The first-order valence-corrected chi connectivity index (χ1v) is 14.0. The van der Waals surface area contributed by atoms with Crippen molar-refractivity contribution in [2.75, 3.05) is 39.0 Å². The number of rotatable bonds is 4. The average molecular weight is 529 g/mol. The van der Waals surface area contributed by atoms with Gasteiger partial charge in [-0.3, -0.25) is 4.79 Å². The van der Waals surface area contributed by atoms with Crippen molar-refractivity contribution in [3.8, 4) is 11.1 Å². The molecule has 0 saturated carbocycles. The molecule has 38 heavy (non-hydrogen) atoms. The van der Waals surface area contributed by atoms with Crippen LogP contribution >= 0.6 is 0 Å². The summed E-state index contributed by atoms with van der Waals surface area (Å²) in [7, 11) is -1.73. The van der Waals surface area contributed by atoms with E-state index in [0.29, 0.717) is 61.3 Å². The monoisotopic (exact) mass is 528 g/mol. The molecule has 1 amide bonds. The van der Waals surface area contributed by atoms with Gasteiger partial charge >= 0.3 is 0 Å². The molecule has 0 aliphatic carbocycles. The number of nitrogen functional groups attached to an aromatic ring is 1. The number of anilines is 1. The van der Waals surface area contributed by atoms with Crippen LogP contribution in [0.15, 0.2) is 71.6 Å². The lowest BCUT2D eigenvalue weighted by molar-refractivity contribution is 0.0747. The topological polar surface area (TPSA) is 113 Å². The molecule has 194 valence electrons. The normalized spacial score (nSPS) is 16.6. The van der Waals surface area contributed by atoms with Gasteiger partial charge in [0, 0.05) is 50.2 Å². The van der Waals surface area contributed by atoms with Crippen molar-refractivity contribution in [2.45, 2.75) is 18.0 Å². The lowest BCUT2D eigenvalue weighted by Crippen LogP contribution is -2.47. The van der Waals surface area contributed by atoms with Crippen molar-refractivity contribution in [2.24, 2.45) is 0 Å². The van der Waals surface area contributed by atoms with E-state index in [1.165, 1.54) is 4.31 Å². The van der Waals surface area contributed by atoms with Crippen molar-refractivity contribution < 1.29 is 13.2 Å². The van der Waals surface area contributed by atoms with Gasteiger partial charge in [-0.2, -0.15) is 4.31 Å². The zero-order valence-electron chi connectivity index (χ0n) is 21.0. The molecular weight excluding hydrogens is 500 g/mol. The molecule has 1 aromatic heterocycles. The van der Waals surface area contributed by atoms with Crippen LogP contribution in [0.5, 0.6) is 0 Å². The lowest BCUT2D eigenvalue weighted by Gasteiger charge is -2.32. The van der Waals surface area contributed by atoms with Crippen molar-refractivity contribution in [3.63, 3.8) is 0 Å². The second kappa shape index (κ2) is 9.46. The number of carbonyl (C=O) groups excluding carboxylic acids is 1. The van der Waals surface area contributed by atoms with Gasteiger partial charge in [0.2, 0.25) is 16.0 Å². The molecule has 10 heteroatoms. The minimum atomic E-state index is -3.71. The van der Waals surface area contributed by atoms with E-state index >= 15 is 0 Å². The molecular formula is C28H28N6O3S. The summed E-state index contributed by atoms with van der Waals surface area (Å²) in [6, 6.07) is 20.3. The molecule has 1 saturated heterocycles. The fourth-order valence-corrected chi connectivity index (χ4v) is 6.84. The summed E-state index contributed by atoms with van der Waals surface area (Å²) in [5.41, 5.74) is 10.2. The van der Waals surface area contributed by atoms with E-state index in [1.54, 1.807) is 35.2 Å². The van der Waals surface area contributed by atoms with Crippen LogP contribution in [0, 0.1) is 0 Å². The summed E-state index contributed by atoms with van der Waals surface area (Å²) in [6.07, 6.45) is 0. The SMILES string of the molecule is CN1CCN(S(=O)(=O)c2ccccc2-c2ccc3nc(N)nc(C(=O)N4Cc5ccccc5C4)c3c2)CC1. The van der Waals surface area contributed by atoms with Gasteiger partial charge in [-0.25, -0.2) is 18.4 Å². The van der Waals surface area contributed by atoms with Crippen LogP contribution in [-0.4, -0.2) is 71.6 Å². The van der Waals surface area contributed by atoms with Crippen molar-refractivity contribution >= 4 is 32.8 Å². The molecule has 0 bridgehead atoms. The fourth-order valence-electron chi connectivity index (χ4n) is 5.20. The second-order valence-corrected chi connectivity index (χ2v) is 11.7. The first-order valence-electron chi connectivity index (χ1n) is 12.5. The van der Waals surface area contributed by atoms with Crippen LogP contribution < -0.4 is 5.73 Å². The molecule has 3 heterocycles. The van der Waals surface area contributed by atoms with Crippen LogP contribution in [0.1, 0.15) is 21.6 Å². The summed E-state index contributed by atoms with van der Waals surface area (Å²) in [5.74, 6) is -0.223. The molecule has 3 aromatic carbocycles. The van der Waals surface area contributed by atoms with Gasteiger partial charge in [0.15, 0.2) is 0 Å². The third-order valence-electron chi connectivity index (χ3n) is 7.32. The van der Waals surface area contributed by atoms with E-state index in [0.717, 1.165) is 11.1 Å². The molecule has 2 aliphatic heterocycles. The Morgan fingerprint density at radius 2 is 1.53 bits per heavy atom. The third-order valence-corrected chi connectivity index (χ3v) is 9.28. The van der Waals surface area contributed by atoms with E-state index in [9.17, 15) is 13.2 Å². The smallest absolute Gasteiger partial charge is 0.273 e. The highest BCUT2D eigenvalue weighted by Gasteiger charge is 2.30. The quantitative estimate of drug-likeness (QED) is 0.433. The molecule has 9 nitrogen and oxygen atoms in total. The number of amides is 1.